The number of ketones is 1. The average molecular weight is 532 g/mol. The van der Waals surface area contributed by atoms with Gasteiger partial charge in [0.15, 0.2) is 5.78 Å². The van der Waals surface area contributed by atoms with Crippen LogP contribution in [0.2, 0.25) is 0 Å². The van der Waals surface area contributed by atoms with Crippen LogP contribution < -0.4 is 10.3 Å². The number of ether oxygens (including phenoxy) is 1. The van der Waals surface area contributed by atoms with Crippen LogP contribution in [-0.4, -0.2) is 38.5 Å². The Morgan fingerprint density at radius 3 is 2.47 bits per heavy atom. The Hall–Kier alpha value is -3.76. The Morgan fingerprint density at radius 2 is 1.84 bits per heavy atom. The van der Waals surface area contributed by atoms with Crippen molar-refractivity contribution in [3.63, 3.8) is 0 Å². The molecule has 1 aliphatic carbocycles. The first-order valence-electron chi connectivity index (χ1n) is 12.4. The molecule has 0 saturated heterocycles. The molecule has 3 atom stereocenters. The lowest BCUT2D eigenvalue weighted by Gasteiger charge is -2.20. The number of rotatable bonds is 9. The fourth-order valence-electron chi connectivity index (χ4n) is 4.89. The number of Topliss-reactive ketones (excluding diaryl/α,β-unsaturated/α-hetero) is 1. The molecular weight excluding hydrogens is 503 g/mol. The fraction of sp³-hybridized carbons (Fsp3) is 0.444. The molecule has 1 aliphatic rings. The topological polar surface area (TPSA) is 111 Å². The van der Waals surface area contributed by atoms with Gasteiger partial charge in [-0.15, -0.1) is 5.10 Å². The minimum Gasteiger partial charge on any atom is -0.494 e. The number of nitrogens with zero attached hydrogens (tertiary/aromatic N) is 3. The van der Waals surface area contributed by atoms with Crippen molar-refractivity contribution in [1.29, 1.82) is 0 Å². The summed E-state index contributed by atoms with van der Waals surface area (Å²) in [5.41, 5.74) is -1.42. The number of hydrogen-bond donors (Lipinski definition) is 1. The molecule has 0 aliphatic heterocycles. The van der Waals surface area contributed by atoms with E-state index in [1.54, 1.807) is 24.3 Å². The highest BCUT2D eigenvalue weighted by Gasteiger charge is 2.45. The lowest BCUT2D eigenvalue weighted by molar-refractivity contribution is -0.144. The zero-order chi connectivity index (χ0) is 27.6. The van der Waals surface area contributed by atoms with E-state index >= 15 is 0 Å². The molecule has 202 valence electrons. The highest BCUT2D eigenvalue weighted by molar-refractivity contribution is 6.00. The first kappa shape index (κ1) is 27.3. The third kappa shape index (κ3) is 5.87. The van der Waals surface area contributed by atoms with E-state index in [4.69, 9.17) is 4.74 Å². The van der Waals surface area contributed by atoms with E-state index in [2.05, 4.69) is 24.2 Å². The van der Waals surface area contributed by atoms with Crippen molar-refractivity contribution in [2.75, 3.05) is 6.61 Å². The minimum atomic E-state index is -4.64. The molecule has 11 heteroatoms. The summed E-state index contributed by atoms with van der Waals surface area (Å²) in [6, 6.07) is 9.17. The van der Waals surface area contributed by atoms with Crippen molar-refractivity contribution in [3.8, 4) is 5.75 Å². The molecule has 1 saturated carbocycles. The molecule has 0 amide bonds. The number of benzene rings is 2. The summed E-state index contributed by atoms with van der Waals surface area (Å²) in [4.78, 5) is 38.4. The van der Waals surface area contributed by atoms with Crippen LogP contribution in [0, 0.1) is 23.7 Å². The lowest BCUT2D eigenvalue weighted by Crippen LogP contribution is -2.34. The van der Waals surface area contributed by atoms with Crippen molar-refractivity contribution in [1.82, 2.24) is 15.0 Å². The van der Waals surface area contributed by atoms with Crippen LogP contribution in [0.1, 0.15) is 49.0 Å². The van der Waals surface area contributed by atoms with E-state index in [0.717, 1.165) is 23.2 Å². The normalized spacial score (nSPS) is 19.7. The molecule has 1 aromatic heterocycles. The highest BCUT2D eigenvalue weighted by atomic mass is 19.4. The molecule has 1 N–H and O–H groups in total. The number of carbonyl (C=O) groups is 2. The van der Waals surface area contributed by atoms with Crippen LogP contribution in [0.15, 0.2) is 47.3 Å². The Bertz CT molecular complexity index is 1390. The molecular formula is C27H28F3N3O5. The van der Waals surface area contributed by atoms with Gasteiger partial charge < -0.3 is 9.84 Å². The first-order valence-corrected chi connectivity index (χ1v) is 12.4. The van der Waals surface area contributed by atoms with Crippen LogP contribution >= 0.6 is 0 Å². The standard InChI is InChI=1S/C27H28F3N3O5/c1-15(2)11-12-38-19-7-3-16(4-8-19)24(34)20-9-5-17(23(20)26(36)37)14-33-25(35)21-13-18(27(28,29)30)6-10-22(21)31-32-33/h3-4,6-8,10,13,15,17,20,23H,5,9,11-12,14H2,1-2H3,(H,36,37). The molecule has 1 heterocycles. The second kappa shape index (κ2) is 10.9. The Balaban J connectivity index is 1.52. The quantitative estimate of drug-likeness (QED) is 0.393. The predicted molar refractivity (Wildman–Crippen MR) is 132 cm³/mol. The van der Waals surface area contributed by atoms with Gasteiger partial charge in [0.25, 0.3) is 5.56 Å². The number of carboxylic acid groups (broad SMARTS) is 1. The van der Waals surface area contributed by atoms with E-state index in [1.807, 2.05) is 0 Å². The summed E-state index contributed by atoms with van der Waals surface area (Å²) >= 11 is 0. The molecule has 0 bridgehead atoms. The van der Waals surface area contributed by atoms with Crippen LogP contribution in [-0.2, 0) is 17.5 Å². The molecule has 8 nitrogen and oxygen atoms in total. The number of hydrogen-bond acceptors (Lipinski definition) is 6. The van der Waals surface area contributed by atoms with Gasteiger partial charge in [-0.1, -0.05) is 19.1 Å². The second-order valence-corrected chi connectivity index (χ2v) is 10.0. The molecule has 1 fully saturated rings. The molecule has 38 heavy (non-hydrogen) atoms. The zero-order valence-corrected chi connectivity index (χ0v) is 20.9. The number of carboxylic acids is 1. The summed E-state index contributed by atoms with van der Waals surface area (Å²) in [6.45, 7) is 4.54. The van der Waals surface area contributed by atoms with Crippen LogP contribution in [0.25, 0.3) is 10.9 Å². The first-order chi connectivity index (χ1) is 18.0. The van der Waals surface area contributed by atoms with Crippen molar-refractivity contribution >= 4 is 22.7 Å². The van der Waals surface area contributed by atoms with E-state index in [1.165, 1.54) is 0 Å². The number of carbonyl (C=O) groups excluding carboxylic acids is 1. The van der Waals surface area contributed by atoms with Gasteiger partial charge in [0.1, 0.15) is 11.3 Å². The van der Waals surface area contributed by atoms with Crippen LogP contribution in [0.5, 0.6) is 5.75 Å². The molecule has 4 rings (SSSR count). The van der Waals surface area contributed by atoms with Gasteiger partial charge in [-0.2, -0.15) is 13.2 Å². The van der Waals surface area contributed by atoms with Crippen LogP contribution in [0.4, 0.5) is 13.2 Å². The van der Waals surface area contributed by atoms with E-state index < -0.39 is 41.0 Å². The van der Waals surface area contributed by atoms with Crippen molar-refractivity contribution < 1.29 is 32.6 Å². The molecule has 3 unspecified atom stereocenters. The smallest absolute Gasteiger partial charge is 0.416 e. The molecule has 3 aromatic rings. The SMILES string of the molecule is CC(C)CCOc1ccc(C(=O)C2CCC(Cn3nnc4ccc(C(F)(F)F)cc4c3=O)C2C(=O)O)cc1. The second-order valence-electron chi connectivity index (χ2n) is 10.0. The maximum Gasteiger partial charge on any atom is 0.416 e. The van der Waals surface area contributed by atoms with Gasteiger partial charge in [-0.25, -0.2) is 4.68 Å². The summed E-state index contributed by atoms with van der Waals surface area (Å²) in [7, 11) is 0. The van der Waals surface area contributed by atoms with Crippen molar-refractivity contribution in [2.24, 2.45) is 23.7 Å². The number of aromatic nitrogens is 3. The Labute approximate surface area is 216 Å². The van der Waals surface area contributed by atoms with E-state index in [9.17, 15) is 32.7 Å². The monoisotopic (exact) mass is 531 g/mol. The van der Waals surface area contributed by atoms with Crippen molar-refractivity contribution in [3.05, 3.63) is 63.9 Å². The maximum atomic E-state index is 13.2. The van der Waals surface area contributed by atoms with E-state index in [0.29, 0.717) is 42.7 Å². The summed E-state index contributed by atoms with van der Waals surface area (Å²) in [6.07, 6.45) is -3.13. The summed E-state index contributed by atoms with van der Waals surface area (Å²) in [5.74, 6) is -2.92. The summed E-state index contributed by atoms with van der Waals surface area (Å²) in [5, 5.41) is 17.3. The Morgan fingerprint density at radius 1 is 1.13 bits per heavy atom. The summed E-state index contributed by atoms with van der Waals surface area (Å²) < 4.78 is 46.0. The van der Waals surface area contributed by atoms with E-state index in [-0.39, 0.29) is 23.2 Å². The maximum absolute atomic E-state index is 13.2. The van der Waals surface area contributed by atoms with Crippen LogP contribution in [0.3, 0.4) is 0 Å². The third-order valence-electron chi connectivity index (χ3n) is 6.97. The molecule has 0 spiro atoms. The highest BCUT2D eigenvalue weighted by Crippen LogP contribution is 2.40. The molecule has 0 radical (unpaired) electrons. The number of alkyl halides is 3. The van der Waals surface area contributed by atoms with Crippen molar-refractivity contribution in [2.45, 2.75) is 45.8 Å². The van der Waals surface area contributed by atoms with Gasteiger partial charge >= 0.3 is 12.1 Å². The van der Waals surface area contributed by atoms with Gasteiger partial charge in [0.2, 0.25) is 0 Å². The molecule has 2 aromatic carbocycles. The zero-order valence-electron chi connectivity index (χ0n) is 20.9. The largest absolute Gasteiger partial charge is 0.494 e. The third-order valence-corrected chi connectivity index (χ3v) is 6.97. The Kier molecular flexibility index (Phi) is 7.84. The lowest BCUT2D eigenvalue weighted by atomic mass is 9.84. The number of halogens is 3. The number of aliphatic carboxylic acids is 1. The van der Waals surface area contributed by atoms with Gasteiger partial charge in [-0.05, 0) is 73.6 Å². The average Bonchev–Trinajstić information content (AvgIpc) is 3.28. The fourth-order valence-corrected chi connectivity index (χ4v) is 4.89. The van der Waals surface area contributed by atoms with Gasteiger partial charge in [-0.3, -0.25) is 14.4 Å². The predicted octanol–water partition coefficient (Wildman–Crippen LogP) is 4.85. The number of fused-ring (bicyclic) bond motifs is 1. The van der Waals surface area contributed by atoms with Gasteiger partial charge in [0, 0.05) is 11.5 Å². The minimum absolute atomic E-state index is 0.00476. The van der Waals surface area contributed by atoms with Gasteiger partial charge in [0.05, 0.1) is 30.0 Å².